The van der Waals surface area contributed by atoms with Crippen LogP contribution in [0.4, 0.5) is 5.69 Å². The predicted molar refractivity (Wildman–Crippen MR) is 120 cm³/mol. The molecule has 0 saturated carbocycles. The minimum Gasteiger partial charge on any atom is -0.325 e. The second-order valence-corrected chi connectivity index (χ2v) is 8.08. The van der Waals surface area contributed by atoms with Crippen LogP contribution < -0.4 is 10.9 Å². The van der Waals surface area contributed by atoms with Crippen LogP contribution in [0.3, 0.4) is 0 Å². The number of anilines is 1. The van der Waals surface area contributed by atoms with E-state index in [-0.39, 0.29) is 11.5 Å². The van der Waals surface area contributed by atoms with Crippen LogP contribution in [0, 0.1) is 0 Å². The molecule has 0 aliphatic carbocycles. The van der Waals surface area contributed by atoms with Crippen LogP contribution in [-0.4, -0.2) is 20.7 Å². The van der Waals surface area contributed by atoms with Gasteiger partial charge in [-0.25, -0.2) is 4.98 Å². The number of hydrogen-bond donors (Lipinski definition) is 1. The van der Waals surface area contributed by atoms with Crippen molar-refractivity contribution in [2.75, 3.05) is 5.32 Å². The van der Waals surface area contributed by atoms with Gasteiger partial charge in [-0.3, -0.25) is 14.2 Å². The first-order valence-electron chi connectivity index (χ1n) is 9.52. The van der Waals surface area contributed by atoms with Crippen LogP contribution in [0.2, 0.25) is 0 Å². The van der Waals surface area contributed by atoms with E-state index in [0.717, 1.165) is 16.5 Å². The van der Waals surface area contributed by atoms with Gasteiger partial charge in [-0.2, -0.15) is 0 Å². The number of para-hydroxylation sites is 1. The molecule has 1 atom stereocenters. The van der Waals surface area contributed by atoms with Crippen molar-refractivity contribution in [1.29, 1.82) is 0 Å². The molecule has 29 heavy (non-hydrogen) atoms. The van der Waals surface area contributed by atoms with E-state index >= 15 is 0 Å². The molecule has 0 bridgehead atoms. The zero-order chi connectivity index (χ0) is 20.4. The Morgan fingerprint density at radius 3 is 2.59 bits per heavy atom. The number of benzene rings is 3. The van der Waals surface area contributed by atoms with E-state index < -0.39 is 5.25 Å². The van der Waals surface area contributed by atoms with E-state index in [1.807, 2.05) is 74.5 Å². The van der Waals surface area contributed by atoms with E-state index in [9.17, 15) is 9.59 Å². The van der Waals surface area contributed by atoms with Crippen molar-refractivity contribution in [1.82, 2.24) is 9.55 Å². The molecule has 3 aromatic carbocycles. The number of carbonyl (C=O) groups excluding carboxylic acids is 1. The van der Waals surface area contributed by atoms with Crippen LogP contribution >= 0.6 is 11.8 Å². The van der Waals surface area contributed by atoms with Gasteiger partial charge in [0.1, 0.15) is 0 Å². The molecule has 5 nitrogen and oxygen atoms in total. The molecule has 0 fully saturated rings. The third kappa shape index (κ3) is 3.89. The smallest absolute Gasteiger partial charge is 0.262 e. The number of fused-ring (bicyclic) bond motifs is 2. The molecule has 0 radical (unpaired) electrons. The molecular weight excluding hydrogens is 382 g/mol. The Hall–Kier alpha value is -3.12. The summed E-state index contributed by atoms with van der Waals surface area (Å²) in [6.45, 7) is 4.22. The fourth-order valence-corrected chi connectivity index (χ4v) is 4.21. The van der Waals surface area contributed by atoms with Crippen LogP contribution in [0.5, 0.6) is 0 Å². The van der Waals surface area contributed by atoms with E-state index in [2.05, 4.69) is 10.3 Å². The second-order valence-electron chi connectivity index (χ2n) is 6.77. The SMILES string of the molecule is CCn1c(S[C@@H](C)C(=O)Nc2ccc3ccccc3c2)nc2ccccc2c1=O. The van der Waals surface area contributed by atoms with Crippen LogP contribution in [-0.2, 0) is 11.3 Å². The van der Waals surface area contributed by atoms with E-state index in [1.54, 1.807) is 10.6 Å². The summed E-state index contributed by atoms with van der Waals surface area (Å²) in [6.07, 6.45) is 0. The van der Waals surface area contributed by atoms with Crippen LogP contribution in [0.15, 0.2) is 76.7 Å². The molecule has 0 aliphatic heterocycles. The monoisotopic (exact) mass is 403 g/mol. The number of nitrogens with zero attached hydrogens (tertiary/aromatic N) is 2. The molecule has 0 spiro atoms. The number of carbonyl (C=O) groups is 1. The normalized spacial score (nSPS) is 12.2. The highest BCUT2D eigenvalue weighted by Crippen LogP contribution is 2.24. The molecule has 1 amide bonds. The first kappa shape index (κ1) is 19.2. The Labute approximate surface area is 172 Å². The van der Waals surface area contributed by atoms with Gasteiger partial charge in [0.05, 0.1) is 16.2 Å². The molecule has 0 unspecified atom stereocenters. The highest BCUT2D eigenvalue weighted by atomic mass is 32.2. The Bertz CT molecular complexity index is 1270. The second kappa shape index (κ2) is 8.09. The minimum absolute atomic E-state index is 0.0808. The summed E-state index contributed by atoms with van der Waals surface area (Å²) in [5, 5.41) is 5.90. The van der Waals surface area contributed by atoms with Crippen molar-refractivity contribution >= 4 is 45.0 Å². The lowest BCUT2D eigenvalue weighted by atomic mass is 10.1. The average molecular weight is 404 g/mol. The Balaban J connectivity index is 1.57. The van der Waals surface area contributed by atoms with E-state index in [0.29, 0.717) is 22.6 Å². The van der Waals surface area contributed by atoms with Gasteiger partial charge in [-0.1, -0.05) is 54.2 Å². The first-order valence-corrected chi connectivity index (χ1v) is 10.4. The number of nitrogens with one attached hydrogen (secondary N) is 1. The highest BCUT2D eigenvalue weighted by Gasteiger charge is 2.19. The molecule has 0 saturated heterocycles. The van der Waals surface area contributed by atoms with Gasteiger partial charge >= 0.3 is 0 Å². The minimum atomic E-state index is -0.410. The van der Waals surface area contributed by atoms with Crippen molar-refractivity contribution in [2.24, 2.45) is 0 Å². The average Bonchev–Trinajstić information content (AvgIpc) is 2.74. The largest absolute Gasteiger partial charge is 0.325 e. The first-order chi connectivity index (χ1) is 14.1. The molecule has 1 N–H and O–H groups in total. The molecule has 1 aromatic heterocycles. The molecule has 6 heteroatoms. The summed E-state index contributed by atoms with van der Waals surface area (Å²) in [6, 6.07) is 21.1. The van der Waals surface area contributed by atoms with Crippen molar-refractivity contribution < 1.29 is 4.79 Å². The maximum atomic E-state index is 12.8. The number of aromatic nitrogens is 2. The standard InChI is InChI=1S/C23H21N3O2S/c1-3-26-22(28)19-10-6-7-11-20(19)25-23(26)29-15(2)21(27)24-18-13-12-16-8-4-5-9-17(16)14-18/h4-15H,3H2,1-2H3,(H,24,27)/t15-/m0/s1. The fraction of sp³-hybridized carbons (Fsp3) is 0.174. The topological polar surface area (TPSA) is 64.0 Å². The van der Waals surface area contributed by atoms with Crippen LogP contribution in [0.25, 0.3) is 21.7 Å². The maximum absolute atomic E-state index is 12.8. The van der Waals surface area contributed by atoms with Gasteiger partial charge in [0.25, 0.3) is 5.56 Å². The third-order valence-electron chi connectivity index (χ3n) is 4.81. The van der Waals surface area contributed by atoms with Gasteiger partial charge in [0.2, 0.25) is 5.91 Å². The van der Waals surface area contributed by atoms with Crippen molar-refractivity contribution in [3.05, 3.63) is 77.1 Å². The highest BCUT2D eigenvalue weighted by molar-refractivity contribution is 8.00. The quantitative estimate of drug-likeness (QED) is 0.388. The lowest BCUT2D eigenvalue weighted by Crippen LogP contribution is -2.26. The third-order valence-corrected chi connectivity index (χ3v) is 5.90. The number of thioether (sulfide) groups is 1. The number of amides is 1. The van der Waals surface area contributed by atoms with Crippen LogP contribution in [0.1, 0.15) is 13.8 Å². The molecule has 4 rings (SSSR count). The zero-order valence-corrected chi connectivity index (χ0v) is 17.1. The van der Waals surface area contributed by atoms with Crippen molar-refractivity contribution in [3.8, 4) is 0 Å². The van der Waals surface area contributed by atoms with E-state index in [1.165, 1.54) is 11.8 Å². The molecule has 146 valence electrons. The molecule has 1 heterocycles. The van der Waals surface area contributed by atoms with E-state index in [4.69, 9.17) is 0 Å². The summed E-state index contributed by atoms with van der Waals surface area (Å²) >= 11 is 1.29. The van der Waals surface area contributed by atoms with Crippen molar-refractivity contribution in [2.45, 2.75) is 30.8 Å². The van der Waals surface area contributed by atoms with Gasteiger partial charge in [0.15, 0.2) is 5.16 Å². The molecule has 4 aromatic rings. The van der Waals surface area contributed by atoms with Gasteiger partial charge < -0.3 is 5.32 Å². The Kier molecular flexibility index (Phi) is 5.36. The fourth-order valence-electron chi connectivity index (χ4n) is 3.24. The molecular formula is C23H21N3O2S. The Morgan fingerprint density at radius 1 is 1.07 bits per heavy atom. The summed E-state index contributed by atoms with van der Waals surface area (Å²) < 4.78 is 1.62. The lowest BCUT2D eigenvalue weighted by Gasteiger charge is -2.15. The maximum Gasteiger partial charge on any atom is 0.262 e. The number of hydrogen-bond acceptors (Lipinski definition) is 4. The van der Waals surface area contributed by atoms with Gasteiger partial charge in [-0.15, -0.1) is 0 Å². The molecule has 0 aliphatic rings. The van der Waals surface area contributed by atoms with Gasteiger partial charge in [0, 0.05) is 12.2 Å². The van der Waals surface area contributed by atoms with Crippen molar-refractivity contribution in [3.63, 3.8) is 0 Å². The predicted octanol–water partition coefficient (Wildman–Crippen LogP) is 4.69. The van der Waals surface area contributed by atoms with Gasteiger partial charge in [-0.05, 0) is 48.9 Å². The lowest BCUT2D eigenvalue weighted by molar-refractivity contribution is -0.115. The summed E-state index contributed by atoms with van der Waals surface area (Å²) in [7, 11) is 0. The Morgan fingerprint density at radius 2 is 1.79 bits per heavy atom. The summed E-state index contributed by atoms with van der Waals surface area (Å²) in [4.78, 5) is 30.1. The summed E-state index contributed by atoms with van der Waals surface area (Å²) in [5.41, 5.74) is 1.31. The zero-order valence-electron chi connectivity index (χ0n) is 16.3. The number of rotatable bonds is 5. The summed E-state index contributed by atoms with van der Waals surface area (Å²) in [5.74, 6) is -0.129.